The van der Waals surface area contributed by atoms with E-state index in [9.17, 15) is 8.42 Å². The Labute approximate surface area is 128 Å². The topological polar surface area (TPSA) is 72.2 Å². The molecule has 0 amide bonds. The molecule has 1 aromatic carbocycles. The highest BCUT2D eigenvalue weighted by Crippen LogP contribution is 2.34. The summed E-state index contributed by atoms with van der Waals surface area (Å²) in [4.78, 5) is 0.384. The number of nitrogens with one attached hydrogen (secondary N) is 1. The van der Waals surface area contributed by atoms with Crippen molar-refractivity contribution in [2.24, 2.45) is 11.7 Å². The van der Waals surface area contributed by atoms with E-state index >= 15 is 0 Å². The van der Waals surface area contributed by atoms with Crippen LogP contribution in [0.4, 0.5) is 5.69 Å². The second-order valence-corrected chi connectivity index (χ2v) is 8.50. The number of rotatable bonds is 5. The van der Waals surface area contributed by atoms with E-state index in [4.69, 9.17) is 5.73 Å². The van der Waals surface area contributed by atoms with Crippen molar-refractivity contribution >= 4 is 15.5 Å². The fourth-order valence-corrected chi connectivity index (χ4v) is 3.80. The van der Waals surface area contributed by atoms with Gasteiger partial charge in [0.15, 0.2) is 9.84 Å². The van der Waals surface area contributed by atoms with Crippen molar-refractivity contribution in [3.63, 3.8) is 0 Å². The number of sulfone groups is 1. The van der Waals surface area contributed by atoms with Gasteiger partial charge in [-0.15, -0.1) is 0 Å². The Kier molecular flexibility index (Phi) is 4.94. The Morgan fingerprint density at radius 1 is 1.24 bits per heavy atom. The summed E-state index contributed by atoms with van der Waals surface area (Å²) >= 11 is 0. The molecule has 0 aliphatic heterocycles. The Balaban J connectivity index is 2.12. The van der Waals surface area contributed by atoms with Crippen LogP contribution in [-0.4, -0.2) is 26.3 Å². The predicted molar refractivity (Wildman–Crippen MR) is 87.2 cm³/mol. The first kappa shape index (κ1) is 16.3. The molecule has 118 valence electrons. The van der Waals surface area contributed by atoms with Crippen LogP contribution in [0.25, 0.3) is 0 Å². The normalized spacial score (nSPS) is 26.5. The van der Waals surface area contributed by atoms with Crippen molar-refractivity contribution in [2.75, 3.05) is 17.6 Å². The molecule has 0 bridgehead atoms. The molecule has 3 N–H and O–H groups in total. The highest BCUT2D eigenvalue weighted by Gasteiger charge is 2.32. The second-order valence-electron chi connectivity index (χ2n) is 6.22. The lowest BCUT2D eigenvalue weighted by molar-refractivity contribution is 0.272. The lowest BCUT2D eigenvalue weighted by Gasteiger charge is -2.40. The smallest absolute Gasteiger partial charge is 0.178 e. The van der Waals surface area contributed by atoms with Crippen molar-refractivity contribution in [1.82, 2.24) is 0 Å². The SMILES string of the molecule is CCS(=O)(=O)c1ccc(NC2(CN)CCC(C)CC2)cc1. The molecule has 0 aromatic heterocycles. The van der Waals surface area contributed by atoms with Gasteiger partial charge in [-0.2, -0.15) is 0 Å². The highest BCUT2D eigenvalue weighted by atomic mass is 32.2. The molecule has 5 heteroatoms. The molecule has 0 heterocycles. The van der Waals surface area contributed by atoms with Crippen LogP contribution < -0.4 is 11.1 Å². The van der Waals surface area contributed by atoms with E-state index in [-0.39, 0.29) is 11.3 Å². The molecule has 1 aliphatic carbocycles. The summed E-state index contributed by atoms with van der Waals surface area (Å²) in [5, 5.41) is 3.54. The summed E-state index contributed by atoms with van der Waals surface area (Å²) in [6.45, 7) is 4.55. The second kappa shape index (κ2) is 6.36. The molecule has 2 rings (SSSR count). The zero-order valence-corrected chi connectivity index (χ0v) is 13.7. The minimum absolute atomic E-state index is 0.0440. The van der Waals surface area contributed by atoms with Crippen LogP contribution >= 0.6 is 0 Å². The van der Waals surface area contributed by atoms with E-state index in [0.29, 0.717) is 11.4 Å². The molecule has 1 saturated carbocycles. The molecular formula is C16H26N2O2S. The molecule has 0 radical (unpaired) electrons. The Morgan fingerprint density at radius 3 is 2.29 bits per heavy atom. The highest BCUT2D eigenvalue weighted by molar-refractivity contribution is 7.91. The van der Waals surface area contributed by atoms with Gasteiger partial charge in [0.2, 0.25) is 0 Å². The summed E-state index contributed by atoms with van der Waals surface area (Å²) < 4.78 is 23.6. The monoisotopic (exact) mass is 310 g/mol. The van der Waals surface area contributed by atoms with Gasteiger partial charge < -0.3 is 11.1 Å². The Bertz CT molecular complexity index is 558. The maximum absolute atomic E-state index is 11.8. The van der Waals surface area contributed by atoms with Gasteiger partial charge in [0, 0.05) is 17.8 Å². The van der Waals surface area contributed by atoms with E-state index in [1.807, 2.05) is 12.1 Å². The number of hydrogen-bond acceptors (Lipinski definition) is 4. The molecule has 0 spiro atoms. The molecule has 1 aromatic rings. The molecular weight excluding hydrogens is 284 g/mol. The van der Waals surface area contributed by atoms with Crippen molar-refractivity contribution in [3.8, 4) is 0 Å². The Morgan fingerprint density at radius 2 is 1.81 bits per heavy atom. The van der Waals surface area contributed by atoms with Crippen molar-refractivity contribution in [1.29, 1.82) is 0 Å². The van der Waals surface area contributed by atoms with Gasteiger partial charge in [0.1, 0.15) is 0 Å². The lowest BCUT2D eigenvalue weighted by atomic mass is 9.77. The van der Waals surface area contributed by atoms with Crippen LogP contribution in [-0.2, 0) is 9.84 Å². The van der Waals surface area contributed by atoms with E-state index < -0.39 is 9.84 Å². The first-order chi connectivity index (χ1) is 9.91. The first-order valence-corrected chi connectivity index (χ1v) is 9.37. The fraction of sp³-hybridized carbons (Fsp3) is 0.625. The van der Waals surface area contributed by atoms with Gasteiger partial charge in [-0.25, -0.2) is 8.42 Å². The maximum atomic E-state index is 11.8. The largest absolute Gasteiger partial charge is 0.378 e. The zero-order chi connectivity index (χ0) is 15.5. The third-order valence-corrected chi connectivity index (χ3v) is 6.38. The molecule has 0 unspecified atom stereocenters. The Hall–Kier alpha value is -1.07. The maximum Gasteiger partial charge on any atom is 0.178 e. The molecule has 1 fully saturated rings. The van der Waals surface area contributed by atoms with Gasteiger partial charge in [-0.05, 0) is 55.9 Å². The lowest BCUT2D eigenvalue weighted by Crippen LogP contribution is -2.48. The predicted octanol–water partition coefficient (Wildman–Crippen LogP) is 2.80. The summed E-state index contributed by atoms with van der Waals surface area (Å²) in [6, 6.07) is 7.05. The van der Waals surface area contributed by atoms with Crippen LogP contribution in [0.15, 0.2) is 29.2 Å². The summed E-state index contributed by atoms with van der Waals surface area (Å²) in [5.41, 5.74) is 6.90. The molecule has 21 heavy (non-hydrogen) atoms. The summed E-state index contributed by atoms with van der Waals surface area (Å²) in [5.74, 6) is 0.897. The van der Waals surface area contributed by atoms with Crippen LogP contribution in [0.3, 0.4) is 0 Å². The van der Waals surface area contributed by atoms with E-state index in [1.165, 1.54) is 12.8 Å². The van der Waals surface area contributed by atoms with Gasteiger partial charge in [-0.3, -0.25) is 0 Å². The molecule has 1 aliphatic rings. The van der Waals surface area contributed by atoms with E-state index in [0.717, 1.165) is 24.4 Å². The van der Waals surface area contributed by atoms with Crippen molar-refractivity contribution < 1.29 is 8.42 Å². The fourth-order valence-electron chi connectivity index (χ4n) is 2.91. The third-order valence-electron chi connectivity index (χ3n) is 4.63. The van der Waals surface area contributed by atoms with Crippen molar-refractivity contribution in [3.05, 3.63) is 24.3 Å². The number of benzene rings is 1. The van der Waals surface area contributed by atoms with Gasteiger partial charge in [0.25, 0.3) is 0 Å². The molecule has 0 atom stereocenters. The first-order valence-electron chi connectivity index (χ1n) is 7.72. The number of hydrogen-bond donors (Lipinski definition) is 2. The minimum atomic E-state index is -3.13. The average molecular weight is 310 g/mol. The van der Waals surface area contributed by atoms with E-state index in [2.05, 4.69) is 12.2 Å². The van der Waals surface area contributed by atoms with Crippen LogP contribution in [0.2, 0.25) is 0 Å². The van der Waals surface area contributed by atoms with Crippen LogP contribution in [0.5, 0.6) is 0 Å². The molecule has 0 saturated heterocycles. The van der Waals surface area contributed by atoms with Gasteiger partial charge >= 0.3 is 0 Å². The van der Waals surface area contributed by atoms with Crippen LogP contribution in [0, 0.1) is 5.92 Å². The van der Waals surface area contributed by atoms with Crippen molar-refractivity contribution in [2.45, 2.75) is 50.0 Å². The average Bonchev–Trinajstić information content (AvgIpc) is 2.50. The van der Waals surface area contributed by atoms with E-state index in [1.54, 1.807) is 19.1 Å². The summed E-state index contributed by atoms with van der Waals surface area (Å²) in [7, 11) is -3.13. The number of anilines is 1. The van der Waals surface area contributed by atoms with Gasteiger partial charge in [-0.1, -0.05) is 13.8 Å². The summed E-state index contributed by atoms with van der Waals surface area (Å²) in [6.07, 6.45) is 4.51. The third kappa shape index (κ3) is 3.77. The standard InChI is InChI=1S/C16H26N2O2S/c1-3-21(19,20)15-6-4-14(5-7-15)18-16(12-17)10-8-13(2)9-11-16/h4-7,13,18H,3,8-12,17H2,1-2H3. The van der Waals surface area contributed by atoms with Gasteiger partial charge in [0.05, 0.1) is 10.6 Å². The molecule has 4 nitrogen and oxygen atoms in total. The quantitative estimate of drug-likeness (QED) is 0.877. The minimum Gasteiger partial charge on any atom is -0.378 e. The van der Waals surface area contributed by atoms with Crippen LogP contribution in [0.1, 0.15) is 39.5 Å². The zero-order valence-electron chi connectivity index (χ0n) is 12.9. The number of nitrogens with two attached hydrogens (primary N) is 1.